The van der Waals surface area contributed by atoms with Crippen molar-refractivity contribution in [3.63, 3.8) is 0 Å². The molecule has 1 nitrogen and oxygen atoms in total. The molecule has 1 N–H and O–H groups in total. The molecule has 2 aromatic carbocycles. The van der Waals surface area contributed by atoms with Crippen molar-refractivity contribution in [1.82, 2.24) is 0 Å². The third kappa shape index (κ3) is 3.02. The number of aliphatic hydroxyl groups is 1. The van der Waals surface area contributed by atoms with Crippen molar-refractivity contribution in [1.29, 1.82) is 0 Å². The fourth-order valence-electron chi connectivity index (χ4n) is 1.73. The summed E-state index contributed by atoms with van der Waals surface area (Å²) in [6.07, 6.45) is -0.477. The molecule has 0 radical (unpaired) electrons. The van der Waals surface area contributed by atoms with Gasteiger partial charge in [0, 0.05) is 17.0 Å². The summed E-state index contributed by atoms with van der Waals surface area (Å²) in [7, 11) is 0. The molecule has 0 saturated carbocycles. The van der Waals surface area contributed by atoms with Crippen molar-refractivity contribution in [3.8, 4) is 0 Å². The van der Waals surface area contributed by atoms with Gasteiger partial charge in [0.15, 0.2) is 0 Å². The lowest BCUT2D eigenvalue weighted by molar-refractivity contribution is 0.178. The smallest absolute Gasteiger partial charge is 0.142 e. The maximum Gasteiger partial charge on any atom is 0.142 e. The molecule has 18 heavy (non-hydrogen) atoms. The highest BCUT2D eigenvalue weighted by molar-refractivity contribution is 6.31. The van der Waals surface area contributed by atoms with Gasteiger partial charge >= 0.3 is 0 Å². The molecule has 0 aliphatic rings. The molecule has 0 aliphatic carbocycles. The Kier molecular flexibility index (Phi) is 4.23. The van der Waals surface area contributed by atoms with Gasteiger partial charge in [0.1, 0.15) is 5.82 Å². The lowest BCUT2D eigenvalue weighted by Gasteiger charge is -2.13. The lowest BCUT2D eigenvalue weighted by Crippen LogP contribution is -2.03. The van der Waals surface area contributed by atoms with Crippen LogP contribution in [-0.4, -0.2) is 5.11 Å². The second-order valence-electron chi connectivity index (χ2n) is 3.99. The van der Waals surface area contributed by atoms with Crippen LogP contribution in [0.3, 0.4) is 0 Å². The molecular formula is C14H11Cl2FO. The molecule has 2 aromatic rings. The molecule has 94 valence electrons. The van der Waals surface area contributed by atoms with Crippen LogP contribution >= 0.6 is 23.2 Å². The van der Waals surface area contributed by atoms with Crippen LogP contribution in [-0.2, 0) is 6.42 Å². The van der Waals surface area contributed by atoms with E-state index in [4.69, 9.17) is 23.2 Å². The Bertz CT molecular complexity index is 540. The van der Waals surface area contributed by atoms with Crippen molar-refractivity contribution in [2.45, 2.75) is 12.5 Å². The van der Waals surface area contributed by atoms with Crippen LogP contribution in [0.4, 0.5) is 4.39 Å². The molecule has 0 spiro atoms. The van der Waals surface area contributed by atoms with E-state index in [1.807, 2.05) is 12.1 Å². The summed E-state index contributed by atoms with van der Waals surface area (Å²) in [5.74, 6) is -0.524. The summed E-state index contributed by atoms with van der Waals surface area (Å²) in [5.41, 5.74) is 1.30. The topological polar surface area (TPSA) is 20.2 Å². The molecule has 2 rings (SSSR count). The predicted octanol–water partition coefficient (Wildman–Crippen LogP) is 4.41. The Labute approximate surface area is 115 Å². The van der Waals surface area contributed by atoms with E-state index in [0.29, 0.717) is 17.0 Å². The molecule has 0 aromatic heterocycles. The van der Waals surface area contributed by atoms with Gasteiger partial charge in [-0.15, -0.1) is 0 Å². The van der Waals surface area contributed by atoms with Gasteiger partial charge < -0.3 is 5.11 Å². The summed E-state index contributed by atoms with van der Waals surface area (Å²) >= 11 is 11.6. The Morgan fingerprint density at radius 3 is 2.39 bits per heavy atom. The molecule has 1 atom stereocenters. The first-order valence-electron chi connectivity index (χ1n) is 5.44. The van der Waals surface area contributed by atoms with Crippen LogP contribution in [0, 0.1) is 5.82 Å². The maximum absolute atomic E-state index is 13.3. The van der Waals surface area contributed by atoms with Crippen molar-refractivity contribution < 1.29 is 9.50 Å². The lowest BCUT2D eigenvalue weighted by atomic mass is 10.0. The minimum Gasteiger partial charge on any atom is -0.388 e. The van der Waals surface area contributed by atoms with Crippen LogP contribution in [0.15, 0.2) is 42.5 Å². The van der Waals surface area contributed by atoms with Gasteiger partial charge in [-0.05, 0) is 23.8 Å². The van der Waals surface area contributed by atoms with Crippen molar-refractivity contribution in [2.24, 2.45) is 0 Å². The fourth-order valence-corrected chi connectivity index (χ4v) is 2.11. The zero-order valence-corrected chi connectivity index (χ0v) is 10.9. The first-order valence-corrected chi connectivity index (χ1v) is 6.20. The molecule has 0 amide bonds. The van der Waals surface area contributed by atoms with Gasteiger partial charge in [0.2, 0.25) is 0 Å². The number of hydrogen-bond acceptors (Lipinski definition) is 1. The number of benzene rings is 2. The van der Waals surface area contributed by atoms with E-state index in [9.17, 15) is 9.50 Å². The molecular weight excluding hydrogens is 274 g/mol. The Balaban J connectivity index is 2.19. The molecule has 0 bridgehead atoms. The van der Waals surface area contributed by atoms with Crippen molar-refractivity contribution in [2.75, 3.05) is 0 Å². The SMILES string of the molecule is OC(Cc1ccc(Cl)cc1)c1cccc(F)c1Cl. The average Bonchev–Trinajstić information content (AvgIpc) is 2.35. The monoisotopic (exact) mass is 284 g/mol. The highest BCUT2D eigenvalue weighted by atomic mass is 35.5. The molecule has 0 aliphatic heterocycles. The summed E-state index contributed by atoms with van der Waals surface area (Å²) in [6, 6.07) is 11.5. The summed E-state index contributed by atoms with van der Waals surface area (Å²) < 4.78 is 13.3. The summed E-state index contributed by atoms with van der Waals surface area (Å²) in [4.78, 5) is 0. The quantitative estimate of drug-likeness (QED) is 0.885. The minimum absolute atomic E-state index is 0.0287. The van der Waals surface area contributed by atoms with E-state index < -0.39 is 11.9 Å². The van der Waals surface area contributed by atoms with Gasteiger partial charge in [-0.25, -0.2) is 4.39 Å². The maximum atomic E-state index is 13.3. The first kappa shape index (κ1) is 13.3. The second kappa shape index (κ2) is 5.70. The normalized spacial score (nSPS) is 12.4. The molecule has 4 heteroatoms. The Morgan fingerprint density at radius 1 is 1.06 bits per heavy atom. The van der Waals surface area contributed by atoms with Crippen LogP contribution < -0.4 is 0 Å². The van der Waals surface area contributed by atoms with E-state index >= 15 is 0 Å². The molecule has 0 saturated heterocycles. The van der Waals surface area contributed by atoms with E-state index in [-0.39, 0.29) is 5.02 Å². The van der Waals surface area contributed by atoms with E-state index in [1.54, 1.807) is 18.2 Å². The van der Waals surface area contributed by atoms with E-state index in [0.717, 1.165) is 5.56 Å². The second-order valence-corrected chi connectivity index (χ2v) is 4.80. The highest BCUT2D eigenvalue weighted by Gasteiger charge is 2.14. The Hall–Kier alpha value is -1.09. The third-order valence-electron chi connectivity index (χ3n) is 2.68. The number of halogens is 3. The average molecular weight is 285 g/mol. The molecule has 1 unspecified atom stereocenters. The van der Waals surface area contributed by atoms with Crippen LogP contribution in [0.2, 0.25) is 10.0 Å². The first-order chi connectivity index (χ1) is 8.58. The van der Waals surface area contributed by atoms with Crippen LogP contribution in [0.1, 0.15) is 17.2 Å². The number of rotatable bonds is 3. The number of aliphatic hydroxyl groups excluding tert-OH is 1. The van der Waals surface area contributed by atoms with Crippen LogP contribution in [0.5, 0.6) is 0 Å². The van der Waals surface area contributed by atoms with Gasteiger partial charge in [0.25, 0.3) is 0 Å². The predicted molar refractivity (Wildman–Crippen MR) is 71.5 cm³/mol. The zero-order valence-electron chi connectivity index (χ0n) is 9.41. The van der Waals surface area contributed by atoms with Crippen molar-refractivity contribution in [3.05, 3.63) is 69.5 Å². The zero-order chi connectivity index (χ0) is 13.1. The summed E-state index contributed by atoms with van der Waals surface area (Å²) in [6.45, 7) is 0. The largest absolute Gasteiger partial charge is 0.388 e. The minimum atomic E-state index is -0.839. The summed E-state index contributed by atoms with van der Waals surface area (Å²) in [5, 5.41) is 10.7. The number of hydrogen-bond donors (Lipinski definition) is 1. The Morgan fingerprint density at radius 2 is 1.72 bits per heavy atom. The van der Waals surface area contributed by atoms with Crippen LogP contribution in [0.25, 0.3) is 0 Å². The highest BCUT2D eigenvalue weighted by Crippen LogP contribution is 2.28. The standard InChI is InChI=1S/C14H11Cl2FO/c15-10-6-4-9(5-7-10)8-13(18)11-2-1-3-12(17)14(11)16/h1-7,13,18H,8H2. The van der Waals surface area contributed by atoms with E-state index in [2.05, 4.69) is 0 Å². The molecule has 0 heterocycles. The fraction of sp³-hybridized carbons (Fsp3) is 0.143. The van der Waals surface area contributed by atoms with E-state index in [1.165, 1.54) is 12.1 Å². The van der Waals surface area contributed by atoms with Gasteiger partial charge in [-0.3, -0.25) is 0 Å². The molecule has 0 fully saturated rings. The van der Waals surface area contributed by atoms with Crippen molar-refractivity contribution >= 4 is 23.2 Å². The van der Waals surface area contributed by atoms with Gasteiger partial charge in [0.05, 0.1) is 11.1 Å². The third-order valence-corrected chi connectivity index (χ3v) is 3.33. The van der Waals surface area contributed by atoms with Gasteiger partial charge in [-0.2, -0.15) is 0 Å². The van der Waals surface area contributed by atoms with Gasteiger partial charge in [-0.1, -0.05) is 47.5 Å².